The number of aromatic nitrogens is 1. The van der Waals surface area contributed by atoms with Crippen LogP contribution in [0.15, 0.2) is 4.79 Å². The SMILES string of the molecule is CCCCCCCCc1[nH]c2c(c(=O)c1C)=CCCC=2. The number of nitrogens with one attached hydrogen (secondary N) is 1. The molecule has 0 aliphatic heterocycles. The molecule has 0 unspecified atom stereocenters. The molecule has 1 aliphatic carbocycles. The van der Waals surface area contributed by atoms with Crippen LogP contribution < -0.4 is 16.0 Å². The highest BCUT2D eigenvalue weighted by molar-refractivity contribution is 5.38. The summed E-state index contributed by atoms with van der Waals surface area (Å²) in [5, 5.41) is 1.94. The van der Waals surface area contributed by atoms with Crippen molar-refractivity contribution in [2.75, 3.05) is 0 Å². The molecule has 2 heteroatoms. The molecule has 1 aliphatic rings. The quantitative estimate of drug-likeness (QED) is 0.761. The lowest BCUT2D eigenvalue weighted by molar-refractivity contribution is 0.603. The second-order valence-corrected chi connectivity index (χ2v) is 5.89. The fourth-order valence-electron chi connectivity index (χ4n) is 2.94. The van der Waals surface area contributed by atoms with Gasteiger partial charge in [-0.3, -0.25) is 4.79 Å². The van der Waals surface area contributed by atoms with Crippen LogP contribution in [0.4, 0.5) is 0 Å². The van der Waals surface area contributed by atoms with Crippen LogP contribution in [-0.4, -0.2) is 4.98 Å². The number of fused-ring (bicyclic) bond motifs is 1. The van der Waals surface area contributed by atoms with E-state index in [1.807, 2.05) is 6.92 Å². The Morgan fingerprint density at radius 2 is 1.75 bits per heavy atom. The first-order valence-electron chi connectivity index (χ1n) is 8.16. The van der Waals surface area contributed by atoms with Crippen molar-refractivity contribution in [3.05, 3.63) is 32.0 Å². The summed E-state index contributed by atoms with van der Waals surface area (Å²) in [5.74, 6) is 0. The summed E-state index contributed by atoms with van der Waals surface area (Å²) in [6, 6.07) is 0. The minimum absolute atomic E-state index is 0.232. The third-order valence-electron chi connectivity index (χ3n) is 4.26. The van der Waals surface area contributed by atoms with Crippen molar-refractivity contribution in [1.82, 2.24) is 4.98 Å². The highest BCUT2D eigenvalue weighted by atomic mass is 16.1. The number of H-pyrrole nitrogens is 1. The van der Waals surface area contributed by atoms with E-state index in [1.165, 1.54) is 38.5 Å². The summed E-state index contributed by atoms with van der Waals surface area (Å²) in [4.78, 5) is 15.8. The fourth-order valence-corrected chi connectivity index (χ4v) is 2.94. The maximum atomic E-state index is 12.3. The summed E-state index contributed by atoms with van der Waals surface area (Å²) >= 11 is 0. The summed E-state index contributed by atoms with van der Waals surface area (Å²) in [7, 11) is 0. The molecule has 0 atom stereocenters. The lowest BCUT2D eigenvalue weighted by Gasteiger charge is -2.08. The summed E-state index contributed by atoms with van der Waals surface area (Å²) in [6.45, 7) is 4.21. The third-order valence-corrected chi connectivity index (χ3v) is 4.26. The molecule has 0 radical (unpaired) electrons. The Morgan fingerprint density at radius 1 is 1.05 bits per heavy atom. The van der Waals surface area contributed by atoms with Crippen molar-refractivity contribution in [3.63, 3.8) is 0 Å². The molecular formula is C18H27NO. The zero-order valence-electron chi connectivity index (χ0n) is 12.9. The van der Waals surface area contributed by atoms with Gasteiger partial charge in [0.25, 0.3) is 0 Å². The number of aryl methyl sites for hydroxylation is 1. The van der Waals surface area contributed by atoms with Gasteiger partial charge in [-0.2, -0.15) is 0 Å². The smallest absolute Gasteiger partial charge is 0.192 e. The Morgan fingerprint density at radius 3 is 2.55 bits per heavy atom. The molecule has 0 aromatic carbocycles. The van der Waals surface area contributed by atoms with Gasteiger partial charge in [-0.1, -0.05) is 51.2 Å². The molecule has 0 saturated heterocycles. The van der Waals surface area contributed by atoms with E-state index in [2.05, 4.69) is 24.1 Å². The molecule has 1 heterocycles. The Balaban J connectivity index is 2.03. The monoisotopic (exact) mass is 273 g/mol. The van der Waals surface area contributed by atoms with Crippen LogP contribution >= 0.6 is 0 Å². The second kappa shape index (κ2) is 7.47. The topological polar surface area (TPSA) is 32.9 Å². The lowest BCUT2D eigenvalue weighted by Crippen LogP contribution is -2.44. The molecule has 0 saturated carbocycles. The number of unbranched alkanes of at least 4 members (excludes halogenated alkanes) is 5. The maximum Gasteiger partial charge on any atom is 0.192 e. The summed E-state index contributed by atoms with van der Waals surface area (Å²) in [6.07, 6.45) is 15.1. The Labute approximate surface area is 121 Å². The Kier molecular flexibility index (Phi) is 5.63. The minimum Gasteiger partial charge on any atom is -0.358 e. The van der Waals surface area contributed by atoms with E-state index in [0.29, 0.717) is 0 Å². The van der Waals surface area contributed by atoms with E-state index < -0.39 is 0 Å². The first-order chi connectivity index (χ1) is 9.74. The summed E-state index contributed by atoms with van der Waals surface area (Å²) in [5.41, 5.74) is 2.30. The first kappa shape index (κ1) is 15.1. The molecular weight excluding hydrogens is 246 g/mol. The van der Waals surface area contributed by atoms with Crippen molar-refractivity contribution in [2.45, 2.75) is 71.6 Å². The standard InChI is InChI=1S/C18H27NO/c1-3-4-5-6-7-8-12-16-14(2)18(20)15-11-9-10-13-17(15)19-16/h11,13,19H,3-10,12H2,1-2H3. The predicted molar refractivity (Wildman–Crippen MR) is 86.3 cm³/mol. The Bertz CT molecular complexity index is 610. The number of pyridine rings is 1. The van der Waals surface area contributed by atoms with Gasteiger partial charge in [0.15, 0.2) is 5.43 Å². The minimum atomic E-state index is 0.232. The van der Waals surface area contributed by atoms with Crippen molar-refractivity contribution < 1.29 is 0 Å². The van der Waals surface area contributed by atoms with Gasteiger partial charge in [-0.25, -0.2) is 0 Å². The van der Waals surface area contributed by atoms with Crippen molar-refractivity contribution in [1.29, 1.82) is 0 Å². The molecule has 0 amide bonds. The number of hydrogen-bond donors (Lipinski definition) is 1. The number of aromatic amines is 1. The maximum absolute atomic E-state index is 12.3. The molecule has 1 aromatic rings. The molecule has 0 spiro atoms. The van der Waals surface area contributed by atoms with E-state index in [-0.39, 0.29) is 5.43 Å². The van der Waals surface area contributed by atoms with Crippen LogP contribution in [0.1, 0.15) is 69.5 Å². The number of rotatable bonds is 7. The molecule has 20 heavy (non-hydrogen) atoms. The fraction of sp³-hybridized carbons (Fsp3) is 0.611. The van der Waals surface area contributed by atoms with Crippen LogP contribution in [0, 0.1) is 6.92 Å². The molecule has 1 N–H and O–H groups in total. The zero-order chi connectivity index (χ0) is 14.4. The molecule has 110 valence electrons. The highest BCUT2D eigenvalue weighted by Crippen LogP contribution is 2.09. The summed E-state index contributed by atoms with van der Waals surface area (Å²) < 4.78 is 0. The van der Waals surface area contributed by atoms with Crippen LogP contribution in [0.3, 0.4) is 0 Å². The molecule has 0 fully saturated rings. The average molecular weight is 273 g/mol. The van der Waals surface area contributed by atoms with Crippen molar-refractivity contribution in [3.8, 4) is 0 Å². The number of hydrogen-bond acceptors (Lipinski definition) is 1. The second-order valence-electron chi connectivity index (χ2n) is 5.89. The lowest BCUT2D eigenvalue weighted by atomic mass is 10.0. The van der Waals surface area contributed by atoms with Crippen molar-refractivity contribution >= 4 is 12.2 Å². The van der Waals surface area contributed by atoms with Gasteiger partial charge in [0.1, 0.15) is 0 Å². The van der Waals surface area contributed by atoms with Crippen molar-refractivity contribution in [2.24, 2.45) is 0 Å². The van der Waals surface area contributed by atoms with Crippen LogP contribution in [0.5, 0.6) is 0 Å². The van der Waals surface area contributed by atoms with E-state index in [9.17, 15) is 4.79 Å². The van der Waals surface area contributed by atoms with Gasteiger partial charge >= 0.3 is 0 Å². The van der Waals surface area contributed by atoms with Gasteiger partial charge in [-0.15, -0.1) is 0 Å². The Hall–Kier alpha value is -1.31. The largest absolute Gasteiger partial charge is 0.358 e. The first-order valence-corrected chi connectivity index (χ1v) is 8.16. The van der Waals surface area contributed by atoms with Crippen LogP contribution in [0.2, 0.25) is 0 Å². The van der Waals surface area contributed by atoms with E-state index >= 15 is 0 Å². The predicted octanol–water partition coefficient (Wildman–Crippen LogP) is 2.94. The van der Waals surface area contributed by atoms with Crippen LogP contribution in [-0.2, 0) is 6.42 Å². The zero-order valence-corrected chi connectivity index (χ0v) is 12.9. The molecule has 1 aromatic heterocycles. The normalized spacial score (nSPS) is 13.5. The molecule has 0 bridgehead atoms. The van der Waals surface area contributed by atoms with Gasteiger partial charge in [0.05, 0.1) is 0 Å². The third kappa shape index (κ3) is 3.62. The van der Waals surface area contributed by atoms with Gasteiger partial charge in [0.2, 0.25) is 0 Å². The van der Waals surface area contributed by atoms with Gasteiger partial charge in [-0.05, 0) is 32.6 Å². The molecule has 2 nitrogen and oxygen atoms in total. The van der Waals surface area contributed by atoms with Crippen LogP contribution in [0.25, 0.3) is 12.2 Å². The van der Waals surface area contributed by atoms with Gasteiger partial charge in [0, 0.05) is 21.8 Å². The average Bonchev–Trinajstić information content (AvgIpc) is 2.47. The highest BCUT2D eigenvalue weighted by Gasteiger charge is 2.07. The van der Waals surface area contributed by atoms with E-state index in [4.69, 9.17) is 0 Å². The van der Waals surface area contributed by atoms with E-state index in [0.717, 1.165) is 41.1 Å². The van der Waals surface area contributed by atoms with E-state index in [1.54, 1.807) is 0 Å². The van der Waals surface area contributed by atoms with Gasteiger partial charge < -0.3 is 4.98 Å². The molecule has 2 rings (SSSR count).